The number of anilines is 1. The summed E-state index contributed by atoms with van der Waals surface area (Å²) in [5.74, 6) is -0.857. The number of benzene rings is 1. The number of nitrogens with one attached hydrogen (secondary N) is 3. The van der Waals surface area contributed by atoms with Crippen LogP contribution in [-0.2, 0) is 9.59 Å². The normalized spacial score (nSPS) is 11.5. The highest BCUT2D eigenvalue weighted by Gasteiger charge is 2.16. The molecule has 0 aliphatic rings. The van der Waals surface area contributed by atoms with Gasteiger partial charge in [0.15, 0.2) is 0 Å². The number of amides is 3. The monoisotopic (exact) mass is 362 g/mol. The van der Waals surface area contributed by atoms with Crippen molar-refractivity contribution in [2.24, 2.45) is 5.73 Å². The average molecular weight is 362 g/mol. The third-order valence-electron chi connectivity index (χ3n) is 3.93. The van der Waals surface area contributed by atoms with Crippen LogP contribution in [0.15, 0.2) is 24.3 Å². The molecule has 0 spiro atoms. The van der Waals surface area contributed by atoms with Crippen LogP contribution in [-0.4, -0.2) is 36.9 Å². The number of primary amides is 1. The number of unbranched alkanes of at least 4 members (excludes halogenated alkanes) is 1. The van der Waals surface area contributed by atoms with Gasteiger partial charge >= 0.3 is 0 Å². The van der Waals surface area contributed by atoms with E-state index in [2.05, 4.69) is 22.9 Å². The molecule has 0 unspecified atom stereocenters. The molecule has 0 fully saturated rings. The highest BCUT2D eigenvalue weighted by Crippen LogP contribution is 2.09. The van der Waals surface area contributed by atoms with Gasteiger partial charge in [0.1, 0.15) is 6.04 Å². The van der Waals surface area contributed by atoms with Crippen LogP contribution in [0.3, 0.4) is 0 Å². The number of rotatable bonds is 12. The van der Waals surface area contributed by atoms with Crippen LogP contribution in [0.25, 0.3) is 0 Å². The van der Waals surface area contributed by atoms with Gasteiger partial charge in [-0.2, -0.15) is 0 Å². The van der Waals surface area contributed by atoms with Crippen molar-refractivity contribution >= 4 is 23.4 Å². The fraction of sp³-hybridized carbons (Fsp3) is 0.526. The molecule has 1 atom stereocenters. The molecule has 0 radical (unpaired) electrons. The first-order chi connectivity index (χ1) is 12.5. The molecule has 144 valence electrons. The maximum Gasteiger partial charge on any atom is 0.251 e. The van der Waals surface area contributed by atoms with E-state index in [1.807, 2.05) is 12.1 Å². The van der Waals surface area contributed by atoms with Gasteiger partial charge in [-0.1, -0.05) is 13.8 Å². The molecule has 0 aliphatic carbocycles. The second kappa shape index (κ2) is 11.9. The van der Waals surface area contributed by atoms with Gasteiger partial charge in [0, 0.05) is 30.8 Å². The standard InChI is InChI=1S/C19H30N4O3/c1-3-12-21-15-10-8-14(9-11-15)19(26)22-13-6-5-7-16(18(20)25)23-17(24)4-2/h8-11,16,21H,3-7,12-13H2,1-2H3,(H2,20,25)(H,22,26)(H,23,24)/t16-/m0/s1. The molecule has 5 N–H and O–H groups in total. The Hall–Kier alpha value is -2.57. The van der Waals surface area contributed by atoms with Gasteiger partial charge in [-0.05, 0) is 49.9 Å². The Bertz CT molecular complexity index is 587. The molecule has 7 nitrogen and oxygen atoms in total. The second-order valence-electron chi connectivity index (χ2n) is 6.13. The summed E-state index contributed by atoms with van der Waals surface area (Å²) in [6, 6.07) is 6.70. The zero-order valence-electron chi connectivity index (χ0n) is 15.6. The van der Waals surface area contributed by atoms with Crippen molar-refractivity contribution in [2.45, 2.75) is 52.0 Å². The molecular weight excluding hydrogens is 332 g/mol. The molecule has 0 aromatic heterocycles. The van der Waals surface area contributed by atoms with Gasteiger partial charge in [0.05, 0.1) is 0 Å². The van der Waals surface area contributed by atoms with E-state index in [1.54, 1.807) is 19.1 Å². The van der Waals surface area contributed by atoms with Gasteiger partial charge in [-0.3, -0.25) is 14.4 Å². The summed E-state index contributed by atoms with van der Waals surface area (Å²) in [6.45, 7) is 5.21. The molecule has 26 heavy (non-hydrogen) atoms. The SMILES string of the molecule is CCCNc1ccc(C(=O)NCCCC[C@H](NC(=O)CC)C(N)=O)cc1. The molecule has 0 saturated carbocycles. The van der Waals surface area contributed by atoms with E-state index in [0.29, 0.717) is 37.8 Å². The number of hydrogen-bond acceptors (Lipinski definition) is 4. The van der Waals surface area contributed by atoms with Gasteiger partial charge in [-0.25, -0.2) is 0 Å². The predicted octanol–water partition coefficient (Wildman–Crippen LogP) is 1.79. The van der Waals surface area contributed by atoms with Crippen LogP contribution >= 0.6 is 0 Å². The quantitative estimate of drug-likeness (QED) is 0.425. The molecule has 1 aromatic carbocycles. The lowest BCUT2D eigenvalue weighted by Gasteiger charge is -2.14. The van der Waals surface area contributed by atoms with Gasteiger partial charge < -0.3 is 21.7 Å². The zero-order chi connectivity index (χ0) is 19.4. The minimum Gasteiger partial charge on any atom is -0.385 e. The average Bonchev–Trinajstić information content (AvgIpc) is 2.64. The molecule has 0 saturated heterocycles. The minimum absolute atomic E-state index is 0.127. The molecule has 0 aliphatic heterocycles. The Kier molecular flexibility index (Phi) is 9.82. The summed E-state index contributed by atoms with van der Waals surface area (Å²) in [4.78, 5) is 34.8. The Balaban J connectivity index is 2.30. The third-order valence-corrected chi connectivity index (χ3v) is 3.93. The van der Waals surface area contributed by atoms with Crippen molar-refractivity contribution in [3.8, 4) is 0 Å². The van der Waals surface area contributed by atoms with E-state index in [0.717, 1.165) is 18.7 Å². The number of nitrogens with two attached hydrogens (primary N) is 1. The Labute approximate surface area is 155 Å². The molecule has 0 bridgehead atoms. The van der Waals surface area contributed by atoms with Gasteiger partial charge in [0.2, 0.25) is 11.8 Å². The van der Waals surface area contributed by atoms with E-state index in [9.17, 15) is 14.4 Å². The minimum atomic E-state index is -0.652. The maximum absolute atomic E-state index is 12.1. The summed E-state index contributed by atoms with van der Waals surface area (Å²) < 4.78 is 0. The lowest BCUT2D eigenvalue weighted by atomic mass is 10.1. The number of carbonyl (C=O) groups is 3. The van der Waals surface area contributed by atoms with Crippen LogP contribution in [0.4, 0.5) is 5.69 Å². The highest BCUT2D eigenvalue weighted by molar-refractivity contribution is 5.94. The van der Waals surface area contributed by atoms with E-state index < -0.39 is 11.9 Å². The Morgan fingerprint density at radius 2 is 1.73 bits per heavy atom. The summed E-state index contributed by atoms with van der Waals surface area (Å²) in [5, 5.41) is 8.72. The molecule has 7 heteroatoms. The zero-order valence-corrected chi connectivity index (χ0v) is 15.6. The largest absolute Gasteiger partial charge is 0.385 e. The fourth-order valence-corrected chi connectivity index (χ4v) is 2.37. The Morgan fingerprint density at radius 3 is 2.31 bits per heavy atom. The first kappa shape index (κ1) is 21.5. The summed E-state index contributed by atoms with van der Waals surface area (Å²) in [5.41, 5.74) is 6.90. The van der Waals surface area contributed by atoms with Crippen molar-refractivity contribution in [2.75, 3.05) is 18.4 Å². The van der Waals surface area contributed by atoms with Crippen LogP contribution < -0.4 is 21.7 Å². The maximum atomic E-state index is 12.1. The lowest BCUT2D eigenvalue weighted by molar-refractivity contribution is -0.127. The number of carbonyl (C=O) groups excluding carboxylic acids is 3. The lowest BCUT2D eigenvalue weighted by Crippen LogP contribution is -2.44. The van der Waals surface area contributed by atoms with E-state index in [1.165, 1.54) is 0 Å². The van der Waals surface area contributed by atoms with Crippen molar-refractivity contribution in [3.05, 3.63) is 29.8 Å². The van der Waals surface area contributed by atoms with Crippen molar-refractivity contribution in [1.82, 2.24) is 10.6 Å². The first-order valence-corrected chi connectivity index (χ1v) is 9.18. The van der Waals surface area contributed by atoms with Gasteiger partial charge in [-0.15, -0.1) is 0 Å². The molecule has 1 aromatic rings. The van der Waals surface area contributed by atoms with E-state index >= 15 is 0 Å². The second-order valence-corrected chi connectivity index (χ2v) is 6.13. The predicted molar refractivity (Wildman–Crippen MR) is 103 cm³/mol. The summed E-state index contributed by atoms with van der Waals surface area (Å²) in [7, 11) is 0. The van der Waals surface area contributed by atoms with Crippen LogP contribution in [0.5, 0.6) is 0 Å². The summed E-state index contributed by atoms with van der Waals surface area (Å²) >= 11 is 0. The molecular formula is C19H30N4O3. The topological polar surface area (TPSA) is 113 Å². The smallest absolute Gasteiger partial charge is 0.251 e. The molecule has 0 heterocycles. The Morgan fingerprint density at radius 1 is 1.04 bits per heavy atom. The van der Waals surface area contributed by atoms with Crippen molar-refractivity contribution in [1.29, 1.82) is 0 Å². The summed E-state index contributed by atoms with van der Waals surface area (Å²) in [6.07, 6.45) is 3.20. The first-order valence-electron chi connectivity index (χ1n) is 9.18. The van der Waals surface area contributed by atoms with Crippen molar-refractivity contribution in [3.63, 3.8) is 0 Å². The van der Waals surface area contributed by atoms with E-state index in [4.69, 9.17) is 5.73 Å². The molecule has 3 amide bonds. The molecule has 1 rings (SSSR count). The van der Waals surface area contributed by atoms with Crippen LogP contribution in [0.2, 0.25) is 0 Å². The van der Waals surface area contributed by atoms with Crippen LogP contribution in [0, 0.1) is 0 Å². The number of hydrogen-bond donors (Lipinski definition) is 4. The van der Waals surface area contributed by atoms with E-state index in [-0.39, 0.29) is 11.8 Å². The van der Waals surface area contributed by atoms with Crippen LogP contribution in [0.1, 0.15) is 56.3 Å². The third kappa shape index (κ3) is 8.00. The van der Waals surface area contributed by atoms with Crippen molar-refractivity contribution < 1.29 is 14.4 Å². The van der Waals surface area contributed by atoms with Gasteiger partial charge in [0.25, 0.3) is 5.91 Å². The highest BCUT2D eigenvalue weighted by atomic mass is 16.2. The fourth-order valence-electron chi connectivity index (χ4n) is 2.37.